The summed E-state index contributed by atoms with van der Waals surface area (Å²) in [7, 11) is 0. The number of carbonyl (C=O) groups is 1. The van der Waals surface area contributed by atoms with Gasteiger partial charge < -0.3 is 5.32 Å². The van der Waals surface area contributed by atoms with Crippen molar-refractivity contribution in [1.29, 1.82) is 0 Å². The van der Waals surface area contributed by atoms with Gasteiger partial charge >= 0.3 is 0 Å². The predicted octanol–water partition coefficient (Wildman–Crippen LogP) is 4.10. The number of halogens is 1. The lowest BCUT2D eigenvalue weighted by atomic mass is 10.2. The van der Waals surface area contributed by atoms with Crippen LogP contribution in [0.25, 0.3) is 6.08 Å². The molecule has 0 saturated heterocycles. The third kappa shape index (κ3) is 3.57. The molecular weight excluding hydrogens is 290 g/mol. The van der Waals surface area contributed by atoms with E-state index in [1.54, 1.807) is 6.08 Å². The molecule has 0 radical (unpaired) electrons. The van der Waals surface area contributed by atoms with Crippen molar-refractivity contribution in [2.75, 3.05) is 5.32 Å². The lowest BCUT2D eigenvalue weighted by molar-refractivity contribution is -0.111. The summed E-state index contributed by atoms with van der Waals surface area (Å²) in [5.41, 5.74) is 1.76. The van der Waals surface area contributed by atoms with Crippen LogP contribution in [0.1, 0.15) is 5.56 Å². The van der Waals surface area contributed by atoms with Gasteiger partial charge in [-0.2, -0.15) is 0 Å². The minimum Gasteiger partial charge on any atom is -0.323 e. The maximum absolute atomic E-state index is 11.7. The van der Waals surface area contributed by atoms with Crippen LogP contribution in [-0.2, 0) is 4.79 Å². The zero-order chi connectivity index (χ0) is 12.8. The second-order valence-corrected chi connectivity index (χ2v) is 4.56. The first-order valence-electron chi connectivity index (χ1n) is 5.54. The molecule has 0 heterocycles. The van der Waals surface area contributed by atoms with Gasteiger partial charge in [-0.25, -0.2) is 0 Å². The molecule has 2 aromatic rings. The van der Waals surface area contributed by atoms with E-state index in [1.165, 1.54) is 6.08 Å². The van der Waals surface area contributed by atoms with E-state index in [0.29, 0.717) is 0 Å². The largest absolute Gasteiger partial charge is 0.323 e. The topological polar surface area (TPSA) is 29.1 Å². The van der Waals surface area contributed by atoms with E-state index in [0.717, 1.165) is 15.7 Å². The Balaban J connectivity index is 2.02. The number of benzene rings is 2. The SMILES string of the molecule is O=C(/C=C/c1ccccc1Br)Nc1ccccc1. The van der Waals surface area contributed by atoms with Crippen molar-refractivity contribution >= 4 is 33.6 Å². The summed E-state index contributed by atoms with van der Waals surface area (Å²) in [6.45, 7) is 0. The average Bonchev–Trinajstić information content (AvgIpc) is 2.39. The molecule has 2 aromatic carbocycles. The molecule has 1 N–H and O–H groups in total. The van der Waals surface area contributed by atoms with Crippen molar-refractivity contribution in [2.45, 2.75) is 0 Å². The summed E-state index contributed by atoms with van der Waals surface area (Å²) < 4.78 is 0.966. The van der Waals surface area contributed by atoms with Gasteiger partial charge in [-0.3, -0.25) is 4.79 Å². The second kappa shape index (κ2) is 6.17. The Kier molecular flexibility index (Phi) is 4.31. The lowest BCUT2D eigenvalue weighted by Gasteiger charge is -2.01. The second-order valence-electron chi connectivity index (χ2n) is 3.71. The van der Waals surface area contributed by atoms with E-state index >= 15 is 0 Å². The molecule has 0 aromatic heterocycles. The highest BCUT2D eigenvalue weighted by Gasteiger charge is 1.97. The van der Waals surface area contributed by atoms with Crippen LogP contribution in [0, 0.1) is 0 Å². The van der Waals surface area contributed by atoms with Crippen molar-refractivity contribution in [3.05, 3.63) is 70.7 Å². The molecule has 0 fully saturated rings. The van der Waals surface area contributed by atoms with E-state index in [9.17, 15) is 4.79 Å². The van der Waals surface area contributed by atoms with Crippen molar-refractivity contribution in [1.82, 2.24) is 0 Å². The Labute approximate surface area is 114 Å². The molecule has 0 aliphatic heterocycles. The van der Waals surface area contributed by atoms with E-state index in [2.05, 4.69) is 21.2 Å². The first kappa shape index (κ1) is 12.6. The summed E-state index contributed by atoms with van der Waals surface area (Å²) in [4.78, 5) is 11.7. The van der Waals surface area contributed by atoms with Crippen molar-refractivity contribution in [3.63, 3.8) is 0 Å². The Morgan fingerprint density at radius 2 is 1.67 bits per heavy atom. The van der Waals surface area contributed by atoms with Gasteiger partial charge in [-0.1, -0.05) is 52.3 Å². The number of carbonyl (C=O) groups excluding carboxylic acids is 1. The highest BCUT2D eigenvalue weighted by molar-refractivity contribution is 9.10. The van der Waals surface area contributed by atoms with Gasteiger partial charge in [0.05, 0.1) is 0 Å². The first-order chi connectivity index (χ1) is 8.75. The first-order valence-corrected chi connectivity index (χ1v) is 6.33. The van der Waals surface area contributed by atoms with E-state index in [1.807, 2.05) is 54.6 Å². The fourth-order valence-corrected chi connectivity index (χ4v) is 1.90. The quantitative estimate of drug-likeness (QED) is 0.850. The highest BCUT2D eigenvalue weighted by Crippen LogP contribution is 2.17. The zero-order valence-corrected chi connectivity index (χ0v) is 11.2. The van der Waals surface area contributed by atoms with E-state index < -0.39 is 0 Å². The normalized spacial score (nSPS) is 10.5. The van der Waals surface area contributed by atoms with Crippen LogP contribution in [0.5, 0.6) is 0 Å². The molecule has 0 saturated carbocycles. The van der Waals surface area contributed by atoms with Gasteiger partial charge in [0.15, 0.2) is 0 Å². The number of nitrogens with one attached hydrogen (secondary N) is 1. The fraction of sp³-hybridized carbons (Fsp3) is 0. The van der Waals surface area contributed by atoms with Crippen LogP contribution < -0.4 is 5.32 Å². The van der Waals surface area contributed by atoms with Crippen LogP contribution >= 0.6 is 15.9 Å². The van der Waals surface area contributed by atoms with Gasteiger partial charge in [0.25, 0.3) is 0 Å². The molecule has 3 heteroatoms. The molecule has 0 atom stereocenters. The molecule has 0 aliphatic carbocycles. The van der Waals surface area contributed by atoms with Crippen molar-refractivity contribution < 1.29 is 4.79 Å². The van der Waals surface area contributed by atoms with Crippen LogP contribution in [-0.4, -0.2) is 5.91 Å². The monoisotopic (exact) mass is 301 g/mol. The maximum Gasteiger partial charge on any atom is 0.248 e. The molecule has 1 amide bonds. The number of hydrogen-bond acceptors (Lipinski definition) is 1. The van der Waals surface area contributed by atoms with Crippen molar-refractivity contribution in [2.24, 2.45) is 0 Å². The minimum atomic E-state index is -0.142. The third-order valence-electron chi connectivity index (χ3n) is 2.36. The number of anilines is 1. The summed E-state index contributed by atoms with van der Waals surface area (Å²) in [5, 5.41) is 2.79. The summed E-state index contributed by atoms with van der Waals surface area (Å²) in [6.07, 6.45) is 3.30. The maximum atomic E-state index is 11.7. The minimum absolute atomic E-state index is 0.142. The van der Waals surface area contributed by atoms with E-state index in [4.69, 9.17) is 0 Å². The standard InChI is InChI=1S/C15H12BrNO/c16-14-9-5-4-6-12(14)10-11-15(18)17-13-7-2-1-3-8-13/h1-11H,(H,17,18)/b11-10+. The molecule has 90 valence electrons. The van der Waals surface area contributed by atoms with Gasteiger partial charge in [0.1, 0.15) is 0 Å². The van der Waals surface area contributed by atoms with Gasteiger partial charge in [-0.05, 0) is 29.8 Å². The number of hydrogen-bond donors (Lipinski definition) is 1. The molecule has 0 aliphatic rings. The molecule has 2 nitrogen and oxygen atoms in total. The molecule has 18 heavy (non-hydrogen) atoms. The Hall–Kier alpha value is -1.87. The summed E-state index contributed by atoms with van der Waals surface area (Å²) >= 11 is 3.43. The molecule has 0 bridgehead atoms. The van der Waals surface area contributed by atoms with Gasteiger partial charge in [0, 0.05) is 16.2 Å². The van der Waals surface area contributed by atoms with Crippen molar-refractivity contribution in [3.8, 4) is 0 Å². The number of amides is 1. The summed E-state index contributed by atoms with van der Waals surface area (Å²) in [5.74, 6) is -0.142. The molecule has 2 rings (SSSR count). The Morgan fingerprint density at radius 3 is 2.39 bits per heavy atom. The summed E-state index contributed by atoms with van der Waals surface area (Å²) in [6, 6.07) is 17.1. The van der Waals surface area contributed by atoms with Crippen LogP contribution in [0.15, 0.2) is 65.1 Å². The number of rotatable bonds is 3. The lowest BCUT2D eigenvalue weighted by Crippen LogP contribution is -2.07. The molecule has 0 spiro atoms. The smallest absolute Gasteiger partial charge is 0.248 e. The Morgan fingerprint density at radius 1 is 1.00 bits per heavy atom. The average molecular weight is 302 g/mol. The van der Waals surface area contributed by atoms with Crippen LogP contribution in [0.4, 0.5) is 5.69 Å². The van der Waals surface area contributed by atoms with Crippen LogP contribution in [0.2, 0.25) is 0 Å². The molecule has 0 unspecified atom stereocenters. The van der Waals surface area contributed by atoms with E-state index in [-0.39, 0.29) is 5.91 Å². The van der Waals surface area contributed by atoms with Gasteiger partial charge in [0.2, 0.25) is 5.91 Å². The van der Waals surface area contributed by atoms with Gasteiger partial charge in [-0.15, -0.1) is 0 Å². The predicted molar refractivity (Wildman–Crippen MR) is 78.2 cm³/mol. The number of para-hydroxylation sites is 1. The Bertz CT molecular complexity index is 564. The fourth-order valence-electron chi connectivity index (χ4n) is 1.48. The molecular formula is C15H12BrNO. The van der Waals surface area contributed by atoms with Crippen LogP contribution in [0.3, 0.4) is 0 Å². The third-order valence-corrected chi connectivity index (χ3v) is 3.08. The highest BCUT2D eigenvalue weighted by atomic mass is 79.9. The zero-order valence-electron chi connectivity index (χ0n) is 9.64.